The van der Waals surface area contributed by atoms with Crippen molar-refractivity contribution in [1.82, 2.24) is 4.98 Å². The van der Waals surface area contributed by atoms with Crippen molar-refractivity contribution in [2.45, 2.75) is 51.1 Å². The number of benzene rings is 3. The van der Waals surface area contributed by atoms with E-state index in [1.54, 1.807) is 17.6 Å². The second kappa shape index (κ2) is 12.7. The molecule has 0 aliphatic heterocycles. The minimum atomic E-state index is -1.15. The lowest BCUT2D eigenvalue weighted by Gasteiger charge is -2.24. The summed E-state index contributed by atoms with van der Waals surface area (Å²) in [5.74, 6) is 0.692. The van der Waals surface area contributed by atoms with E-state index in [0.29, 0.717) is 24.6 Å². The average Bonchev–Trinajstić information content (AvgIpc) is 3.48. The topological polar surface area (TPSA) is 53.5 Å². The molecule has 5 rings (SSSR count). The monoisotopic (exact) mass is 557 g/mol. The summed E-state index contributed by atoms with van der Waals surface area (Å²) in [7, 11) is 0.878. The maximum Gasteiger partial charge on any atom is 0.185 e. The molecule has 1 atom stereocenters. The number of rotatable bonds is 10. The molecule has 0 N–H and O–H groups in total. The van der Waals surface area contributed by atoms with Crippen LogP contribution in [0.15, 0.2) is 78.2 Å². The van der Waals surface area contributed by atoms with Crippen LogP contribution in [-0.4, -0.2) is 28.8 Å². The van der Waals surface area contributed by atoms with Crippen LogP contribution in [0.3, 0.4) is 0 Å². The maximum atomic E-state index is 12.7. The predicted molar refractivity (Wildman–Crippen MR) is 164 cm³/mol. The average molecular weight is 558 g/mol. The molecule has 1 aliphatic rings. The molecule has 0 bridgehead atoms. The summed E-state index contributed by atoms with van der Waals surface area (Å²) in [5.41, 5.74) is 7.30. The summed E-state index contributed by atoms with van der Waals surface area (Å²) >= 11 is 1.61. The minimum absolute atomic E-state index is 0.604. The Morgan fingerprint density at radius 1 is 0.897 bits per heavy atom. The van der Waals surface area contributed by atoms with Gasteiger partial charge < -0.3 is 4.90 Å². The van der Waals surface area contributed by atoms with Gasteiger partial charge in [0.15, 0.2) is 5.13 Å². The van der Waals surface area contributed by atoms with Crippen LogP contribution in [0.25, 0.3) is 11.3 Å². The van der Waals surface area contributed by atoms with Crippen molar-refractivity contribution in [3.8, 4) is 11.3 Å². The van der Waals surface area contributed by atoms with Crippen molar-refractivity contribution in [1.29, 1.82) is 0 Å². The van der Waals surface area contributed by atoms with Gasteiger partial charge in [-0.2, -0.15) is 0 Å². The van der Waals surface area contributed by atoms with Gasteiger partial charge >= 0.3 is 0 Å². The third-order valence-electron chi connectivity index (χ3n) is 7.50. The molecule has 0 radical (unpaired) electrons. The first-order valence-corrected chi connectivity index (χ1v) is 15.9. The number of hydrogen-bond acceptors (Lipinski definition) is 5. The molecule has 4 aromatic rings. The van der Waals surface area contributed by atoms with E-state index < -0.39 is 11.0 Å². The molecule has 3 aromatic carbocycles. The predicted octanol–water partition coefficient (Wildman–Crippen LogP) is 7.61. The van der Waals surface area contributed by atoms with E-state index in [0.717, 1.165) is 33.9 Å². The van der Waals surface area contributed by atoms with Crippen molar-refractivity contribution in [3.63, 3.8) is 0 Å². The molecule has 1 saturated carbocycles. The molecular weight excluding hydrogens is 523 g/mol. The van der Waals surface area contributed by atoms with Gasteiger partial charge in [-0.25, -0.2) is 9.19 Å². The number of aromatic nitrogens is 1. The van der Waals surface area contributed by atoms with Crippen LogP contribution in [-0.2, 0) is 24.1 Å². The van der Waals surface area contributed by atoms with Crippen LogP contribution >= 0.6 is 11.3 Å². The lowest BCUT2D eigenvalue weighted by atomic mass is 9.84. The van der Waals surface area contributed by atoms with E-state index >= 15 is 0 Å². The largest absolute Gasteiger partial charge is 0.347 e. The summed E-state index contributed by atoms with van der Waals surface area (Å²) in [6, 6.07) is 24.7. The molecule has 1 heterocycles. The van der Waals surface area contributed by atoms with Gasteiger partial charge in [-0.3, -0.25) is 9.10 Å². The van der Waals surface area contributed by atoms with E-state index in [9.17, 15) is 9.00 Å². The summed E-state index contributed by atoms with van der Waals surface area (Å²) in [6.07, 6.45) is 9.22. The number of thiazole rings is 1. The van der Waals surface area contributed by atoms with Crippen molar-refractivity contribution >= 4 is 39.4 Å². The first-order valence-electron chi connectivity index (χ1n) is 13.5. The van der Waals surface area contributed by atoms with Crippen molar-refractivity contribution < 1.29 is 9.00 Å². The summed E-state index contributed by atoms with van der Waals surface area (Å²) in [5, 5.41) is 3.00. The zero-order valence-electron chi connectivity index (χ0n) is 22.6. The number of aldehydes is 1. The van der Waals surface area contributed by atoms with Gasteiger partial charge in [-0.15, -0.1) is 11.3 Å². The standard InChI is InChI=1S/C32H35N3O2S2/c1-34(20-24-8-10-26(22-36)11-9-24)32-33-31(23-38-32)29-16-18-30(19-17-29)35(39(2)37)21-25-12-14-28(15-13-25)27-6-4-3-5-7-27/h8-19,22-23,27H,3-7,20-21H2,1-2H3. The normalized spacial score (nSPS) is 14.6. The Hall–Kier alpha value is -3.29. The van der Waals surface area contributed by atoms with E-state index in [2.05, 4.69) is 46.7 Å². The highest BCUT2D eigenvalue weighted by atomic mass is 32.2. The molecular formula is C32H35N3O2S2. The van der Waals surface area contributed by atoms with Crippen molar-refractivity contribution in [2.24, 2.45) is 0 Å². The Morgan fingerprint density at radius 2 is 1.54 bits per heavy atom. The third-order valence-corrected chi connectivity index (χ3v) is 9.41. The van der Waals surface area contributed by atoms with Crippen LogP contribution in [0.5, 0.6) is 0 Å². The van der Waals surface area contributed by atoms with Gasteiger partial charge in [0.1, 0.15) is 17.3 Å². The van der Waals surface area contributed by atoms with E-state index in [4.69, 9.17) is 4.98 Å². The van der Waals surface area contributed by atoms with Gasteiger partial charge in [0.25, 0.3) is 0 Å². The molecule has 0 saturated heterocycles. The zero-order valence-corrected chi connectivity index (χ0v) is 24.2. The Kier molecular flexibility index (Phi) is 8.89. The van der Waals surface area contributed by atoms with Crippen molar-refractivity contribution in [3.05, 3.63) is 100 Å². The highest BCUT2D eigenvalue weighted by Gasteiger charge is 2.17. The van der Waals surface area contributed by atoms with Crippen LogP contribution in [0.4, 0.5) is 10.8 Å². The molecule has 0 spiro atoms. The molecule has 1 aliphatic carbocycles. The lowest BCUT2D eigenvalue weighted by molar-refractivity contribution is 0.112. The van der Waals surface area contributed by atoms with E-state index in [1.165, 1.54) is 43.2 Å². The summed E-state index contributed by atoms with van der Waals surface area (Å²) < 4.78 is 14.6. The molecule has 1 fully saturated rings. The highest BCUT2D eigenvalue weighted by molar-refractivity contribution is 7.85. The summed E-state index contributed by atoms with van der Waals surface area (Å²) in [4.78, 5) is 17.9. The lowest BCUT2D eigenvalue weighted by Crippen LogP contribution is -2.24. The Labute approximate surface area is 238 Å². The maximum absolute atomic E-state index is 12.7. The number of hydrogen-bond donors (Lipinski definition) is 0. The molecule has 5 nitrogen and oxygen atoms in total. The SMILES string of the molecule is CN(Cc1ccc(C=O)cc1)c1nc(-c2ccc(N(Cc3ccc(C4CCCCC4)cc3)S(C)=O)cc2)cs1. The minimum Gasteiger partial charge on any atom is -0.347 e. The first-order chi connectivity index (χ1) is 19.0. The van der Waals surface area contributed by atoms with Gasteiger partial charge in [-0.05, 0) is 47.6 Å². The first kappa shape index (κ1) is 27.3. The van der Waals surface area contributed by atoms with Crippen molar-refractivity contribution in [2.75, 3.05) is 22.5 Å². The van der Waals surface area contributed by atoms with E-state index in [1.807, 2.05) is 47.8 Å². The van der Waals surface area contributed by atoms with Crippen LogP contribution in [0.2, 0.25) is 0 Å². The third kappa shape index (κ3) is 6.84. The molecule has 1 unspecified atom stereocenters. The van der Waals surface area contributed by atoms with Gasteiger partial charge in [0.05, 0.1) is 12.2 Å². The fourth-order valence-electron chi connectivity index (χ4n) is 5.24. The zero-order chi connectivity index (χ0) is 27.2. The molecule has 0 amide bonds. The molecule has 39 heavy (non-hydrogen) atoms. The second-order valence-electron chi connectivity index (χ2n) is 10.3. The summed E-state index contributed by atoms with van der Waals surface area (Å²) in [6.45, 7) is 1.32. The molecule has 1 aromatic heterocycles. The Balaban J connectivity index is 1.24. The number of carbonyl (C=O) groups excluding carboxylic acids is 1. The fourth-order valence-corrected chi connectivity index (χ4v) is 6.79. The molecule has 7 heteroatoms. The second-order valence-corrected chi connectivity index (χ2v) is 12.4. The van der Waals surface area contributed by atoms with Crippen LogP contribution < -0.4 is 9.21 Å². The van der Waals surface area contributed by atoms with E-state index in [-0.39, 0.29) is 0 Å². The van der Waals surface area contributed by atoms with Crippen LogP contribution in [0, 0.1) is 0 Å². The quantitative estimate of drug-likeness (QED) is 0.188. The van der Waals surface area contributed by atoms with Crippen LogP contribution in [0.1, 0.15) is 65.1 Å². The number of anilines is 2. The Morgan fingerprint density at radius 3 is 2.18 bits per heavy atom. The van der Waals surface area contributed by atoms with Gasteiger partial charge in [-0.1, -0.05) is 79.9 Å². The van der Waals surface area contributed by atoms with Gasteiger partial charge in [0, 0.05) is 42.0 Å². The molecule has 202 valence electrons. The Bertz CT molecular complexity index is 1390. The highest BCUT2D eigenvalue weighted by Crippen LogP contribution is 2.33. The van der Waals surface area contributed by atoms with Gasteiger partial charge in [0.2, 0.25) is 0 Å². The number of nitrogens with zero attached hydrogens (tertiary/aromatic N) is 3. The number of carbonyl (C=O) groups is 1. The fraction of sp³-hybridized carbons (Fsp3) is 0.312. The smallest absolute Gasteiger partial charge is 0.185 e.